The minimum atomic E-state index is 0.281. The number of hydrogen-bond donors (Lipinski definition) is 0. The van der Waals surface area contributed by atoms with E-state index in [1.807, 2.05) is 29.2 Å². The van der Waals surface area contributed by atoms with Gasteiger partial charge in [0.05, 0.1) is 20.3 Å². The van der Waals surface area contributed by atoms with E-state index in [0.717, 1.165) is 50.5 Å². The monoisotopic (exact) mass is 332 g/mol. The standard InChI is InChI=1S/C19H28N2O3/c1-23-17-7-4-8-18(12-17)24-15-16-6-5-11-21(13-16)19(22)14-20-9-2-3-10-20/h4,7-8,12,16H,2-3,5-6,9-11,13-15H2,1H3/t16-/m1/s1. The van der Waals surface area contributed by atoms with Crippen LogP contribution in [0.3, 0.4) is 0 Å². The highest BCUT2D eigenvalue weighted by atomic mass is 16.5. The number of rotatable bonds is 6. The average Bonchev–Trinajstić information content (AvgIpc) is 3.13. The van der Waals surface area contributed by atoms with Gasteiger partial charge < -0.3 is 14.4 Å². The predicted molar refractivity (Wildman–Crippen MR) is 93.5 cm³/mol. The van der Waals surface area contributed by atoms with Crippen LogP contribution in [0.15, 0.2) is 24.3 Å². The summed E-state index contributed by atoms with van der Waals surface area (Å²) >= 11 is 0. The SMILES string of the molecule is COc1cccc(OC[C@@H]2CCCN(C(=O)CN3CCCC3)C2)c1. The summed E-state index contributed by atoms with van der Waals surface area (Å²) in [6.45, 7) is 5.09. The zero-order valence-electron chi connectivity index (χ0n) is 14.6. The quantitative estimate of drug-likeness (QED) is 0.802. The van der Waals surface area contributed by atoms with E-state index in [-0.39, 0.29) is 5.91 Å². The van der Waals surface area contributed by atoms with Crippen molar-refractivity contribution in [2.45, 2.75) is 25.7 Å². The maximum atomic E-state index is 12.5. The fraction of sp³-hybridized carbons (Fsp3) is 0.632. The molecule has 5 nitrogen and oxygen atoms in total. The van der Waals surface area contributed by atoms with E-state index in [9.17, 15) is 4.79 Å². The van der Waals surface area contributed by atoms with E-state index < -0.39 is 0 Å². The van der Waals surface area contributed by atoms with Crippen molar-refractivity contribution in [1.29, 1.82) is 0 Å². The normalized spacial score (nSPS) is 21.7. The molecule has 2 aliphatic heterocycles. The van der Waals surface area contributed by atoms with Crippen molar-refractivity contribution in [3.05, 3.63) is 24.3 Å². The largest absolute Gasteiger partial charge is 0.497 e. The van der Waals surface area contributed by atoms with Crippen LogP contribution in [0.5, 0.6) is 11.5 Å². The molecule has 1 aromatic carbocycles. The molecule has 0 radical (unpaired) electrons. The van der Waals surface area contributed by atoms with Gasteiger partial charge in [-0.15, -0.1) is 0 Å². The van der Waals surface area contributed by atoms with E-state index in [1.54, 1.807) is 7.11 Å². The number of ether oxygens (including phenoxy) is 2. The lowest BCUT2D eigenvalue weighted by molar-refractivity contribution is -0.134. The Bertz CT molecular complexity index is 543. The second-order valence-electron chi connectivity index (χ2n) is 6.82. The van der Waals surface area contributed by atoms with Crippen LogP contribution in [0, 0.1) is 5.92 Å². The summed E-state index contributed by atoms with van der Waals surface area (Å²) in [4.78, 5) is 16.8. The van der Waals surface area contributed by atoms with Crippen LogP contribution in [0.1, 0.15) is 25.7 Å². The van der Waals surface area contributed by atoms with Crippen LogP contribution < -0.4 is 9.47 Å². The van der Waals surface area contributed by atoms with E-state index >= 15 is 0 Å². The third kappa shape index (κ3) is 4.63. The van der Waals surface area contributed by atoms with Crippen molar-refractivity contribution in [3.63, 3.8) is 0 Å². The average molecular weight is 332 g/mol. The van der Waals surface area contributed by atoms with E-state index in [2.05, 4.69) is 4.90 Å². The summed E-state index contributed by atoms with van der Waals surface area (Å²) in [5.74, 6) is 2.32. The maximum Gasteiger partial charge on any atom is 0.236 e. The number of methoxy groups -OCH3 is 1. The first-order chi connectivity index (χ1) is 11.7. The van der Waals surface area contributed by atoms with Gasteiger partial charge in [-0.3, -0.25) is 9.69 Å². The summed E-state index contributed by atoms with van der Waals surface area (Å²) in [7, 11) is 1.66. The number of hydrogen-bond acceptors (Lipinski definition) is 4. The van der Waals surface area contributed by atoms with Crippen molar-refractivity contribution >= 4 is 5.91 Å². The highest BCUT2D eigenvalue weighted by molar-refractivity contribution is 5.78. The third-order valence-electron chi connectivity index (χ3n) is 4.96. The van der Waals surface area contributed by atoms with Gasteiger partial charge in [0.15, 0.2) is 0 Å². The smallest absolute Gasteiger partial charge is 0.236 e. The molecule has 132 valence electrons. The molecule has 5 heteroatoms. The first kappa shape index (κ1) is 17.1. The molecular formula is C19H28N2O3. The van der Waals surface area contributed by atoms with Gasteiger partial charge in [0.1, 0.15) is 11.5 Å². The predicted octanol–water partition coefficient (Wildman–Crippen LogP) is 2.41. The Morgan fingerprint density at radius 3 is 2.75 bits per heavy atom. The van der Waals surface area contributed by atoms with Crippen molar-refractivity contribution in [3.8, 4) is 11.5 Å². The van der Waals surface area contributed by atoms with Crippen LogP contribution in [0.2, 0.25) is 0 Å². The third-order valence-corrected chi connectivity index (χ3v) is 4.96. The van der Waals surface area contributed by atoms with E-state index in [0.29, 0.717) is 19.1 Å². The lowest BCUT2D eigenvalue weighted by Crippen LogP contribution is -2.45. The molecule has 0 spiro atoms. The van der Waals surface area contributed by atoms with Crippen LogP contribution >= 0.6 is 0 Å². The topological polar surface area (TPSA) is 42.0 Å². The van der Waals surface area contributed by atoms with Crippen LogP contribution in [-0.4, -0.2) is 62.1 Å². The number of benzene rings is 1. The molecule has 2 fully saturated rings. The molecule has 24 heavy (non-hydrogen) atoms. The number of carbonyl (C=O) groups excluding carboxylic acids is 1. The Morgan fingerprint density at radius 2 is 1.96 bits per heavy atom. The molecule has 2 saturated heterocycles. The summed E-state index contributed by atoms with van der Waals surface area (Å²) < 4.78 is 11.1. The zero-order valence-corrected chi connectivity index (χ0v) is 14.6. The minimum Gasteiger partial charge on any atom is -0.497 e. The summed E-state index contributed by atoms with van der Waals surface area (Å²) in [6, 6.07) is 7.69. The van der Waals surface area contributed by atoms with Gasteiger partial charge in [-0.05, 0) is 50.9 Å². The zero-order chi connectivity index (χ0) is 16.8. The molecule has 1 amide bonds. The maximum absolute atomic E-state index is 12.5. The second kappa shape index (κ2) is 8.38. The Morgan fingerprint density at radius 1 is 1.17 bits per heavy atom. The Balaban J connectivity index is 1.46. The van der Waals surface area contributed by atoms with Crippen LogP contribution in [0.4, 0.5) is 0 Å². The van der Waals surface area contributed by atoms with Crippen molar-refractivity contribution in [1.82, 2.24) is 9.80 Å². The Labute approximate surface area is 144 Å². The molecular weight excluding hydrogens is 304 g/mol. The molecule has 0 unspecified atom stereocenters. The molecule has 0 aromatic heterocycles. The second-order valence-corrected chi connectivity index (χ2v) is 6.82. The van der Waals surface area contributed by atoms with Crippen molar-refractivity contribution < 1.29 is 14.3 Å². The first-order valence-corrected chi connectivity index (χ1v) is 9.01. The van der Waals surface area contributed by atoms with Crippen LogP contribution in [0.25, 0.3) is 0 Å². The lowest BCUT2D eigenvalue weighted by Gasteiger charge is -2.33. The molecule has 1 aromatic rings. The van der Waals surface area contributed by atoms with Gasteiger partial charge >= 0.3 is 0 Å². The molecule has 3 rings (SSSR count). The van der Waals surface area contributed by atoms with Gasteiger partial charge in [-0.25, -0.2) is 0 Å². The highest BCUT2D eigenvalue weighted by Crippen LogP contribution is 2.22. The summed E-state index contributed by atoms with van der Waals surface area (Å²) in [5, 5.41) is 0. The molecule has 0 aliphatic carbocycles. The summed E-state index contributed by atoms with van der Waals surface area (Å²) in [5.41, 5.74) is 0. The van der Waals surface area contributed by atoms with Gasteiger partial charge in [-0.1, -0.05) is 6.07 Å². The number of carbonyl (C=O) groups is 1. The molecule has 2 heterocycles. The Hall–Kier alpha value is -1.75. The van der Waals surface area contributed by atoms with Crippen molar-refractivity contribution in [2.75, 3.05) is 46.4 Å². The van der Waals surface area contributed by atoms with Crippen LogP contribution in [-0.2, 0) is 4.79 Å². The Kier molecular flexibility index (Phi) is 5.96. The molecule has 1 atom stereocenters. The van der Waals surface area contributed by atoms with Gasteiger partial charge in [0.2, 0.25) is 5.91 Å². The fourth-order valence-corrected chi connectivity index (χ4v) is 3.56. The molecule has 0 saturated carbocycles. The number of amides is 1. The first-order valence-electron chi connectivity index (χ1n) is 9.01. The molecule has 2 aliphatic rings. The molecule has 0 bridgehead atoms. The summed E-state index contributed by atoms with van der Waals surface area (Å²) in [6.07, 6.45) is 4.64. The van der Waals surface area contributed by atoms with Gasteiger partial charge in [-0.2, -0.15) is 0 Å². The number of nitrogens with zero attached hydrogens (tertiary/aromatic N) is 2. The van der Waals surface area contributed by atoms with Crippen molar-refractivity contribution in [2.24, 2.45) is 5.92 Å². The lowest BCUT2D eigenvalue weighted by atomic mass is 9.99. The fourth-order valence-electron chi connectivity index (χ4n) is 3.56. The number of piperidine rings is 1. The van der Waals surface area contributed by atoms with E-state index in [1.165, 1.54) is 12.8 Å². The highest BCUT2D eigenvalue weighted by Gasteiger charge is 2.26. The molecule has 0 N–H and O–H groups in total. The van der Waals surface area contributed by atoms with Gasteiger partial charge in [0, 0.05) is 25.1 Å². The van der Waals surface area contributed by atoms with E-state index in [4.69, 9.17) is 9.47 Å². The minimum absolute atomic E-state index is 0.281. The number of likely N-dealkylation sites (tertiary alicyclic amines) is 2. The van der Waals surface area contributed by atoms with Gasteiger partial charge in [0.25, 0.3) is 0 Å².